The summed E-state index contributed by atoms with van der Waals surface area (Å²) < 4.78 is 26.0. The summed E-state index contributed by atoms with van der Waals surface area (Å²) in [5.74, 6) is -4.22. The molecule has 19 heavy (non-hydrogen) atoms. The molecule has 1 rings (SSSR count). The fourth-order valence-corrected chi connectivity index (χ4v) is 1.38. The maximum Gasteiger partial charge on any atom is 0.326 e. The molecule has 0 aliphatic carbocycles. The van der Waals surface area contributed by atoms with Crippen molar-refractivity contribution in [3.63, 3.8) is 0 Å². The van der Waals surface area contributed by atoms with E-state index in [1.54, 1.807) is 6.07 Å². The summed E-state index contributed by atoms with van der Waals surface area (Å²) in [6.45, 7) is 0. The highest BCUT2D eigenvalue weighted by Crippen LogP contribution is 2.10. The predicted molar refractivity (Wildman–Crippen MR) is 60.1 cm³/mol. The average molecular weight is 268 g/mol. The number of carboxylic acids is 1. The van der Waals surface area contributed by atoms with Gasteiger partial charge in [0.15, 0.2) is 0 Å². The highest BCUT2D eigenvalue weighted by Gasteiger charge is 2.22. The van der Waals surface area contributed by atoms with Crippen LogP contribution < -0.4 is 5.32 Å². The van der Waals surface area contributed by atoms with E-state index in [-0.39, 0.29) is 12.8 Å². The second-order valence-corrected chi connectivity index (χ2v) is 3.69. The topological polar surface area (TPSA) is 90.2 Å². The van der Waals surface area contributed by atoms with Crippen LogP contribution in [-0.2, 0) is 4.79 Å². The third-order valence-electron chi connectivity index (χ3n) is 2.32. The van der Waals surface area contributed by atoms with Gasteiger partial charge in [-0.15, -0.1) is 0 Å². The minimum Gasteiger partial charge on any atom is -0.480 e. The van der Waals surface area contributed by atoms with Gasteiger partial charge in [-0.25, -0.2) is 13.6 Å². The maximum atomic E-state index is 13.3. The summed E-state index contributed by atoms with van der Waals surface area (Å²) in [7, 11) is 0. The highest BCUT2D eigenvalue weighted by molar-refractivity contribution is 5.96. The number of aliphatic carboxylic acids is 1. The molecule has 1 aromatic carbocycles. The van der Waals surface area contributed by atoms with Crippen LogP contribution in [0.4, 0.5) is 8.78 Å². The molecule has 0 aliphatic rings. The van der Waals surface area contributed by atoms with Crippen LogP contribution in [0.25, 0.3) is 0 Å². The van der Waals surface area contributed by atoms with E-state index in [0.717, 1.165) is 12.1 Å². The van der Waals surface area contributed by atoms with Gasteiger partial charge in [0, 0.05) is 12.5 Å². The van der Waals surface area contributed by atoms with Crippen LogP contribution in [-0.4, -0.2) is 23.0 Å². The van der Waals surface area contributed by atoms with Crippen LogP contribution in [0.15, 0.2) is 18.2 Å². The Hall–Kier alpha value is -2.49. The zero-order valence-electron chi connectivity index (χ0n) is 9.69. The lowest BCUT2D eigenvalue weighted by molar-refractivity contribution is -0.139. The Balaban J connectivity index is 2.82. The van der Waals surface area contributed by atoms with Gasteiger partial charge in [0.2, 0.25) is 0 Å². The van der Waals surface area contributed by atoms with Gasteiger partial charge in [0.05, 0.1) is 11.6 Å². The van der Waals surface area contributed by atoms with E-state index in [9.17, 15) is 18.4 Å². The molecule has 0 aromatic heterocycles. The fraction of sp³-hybridized carbons (Fsp3) is 0.250. The summed E-state index contributed by atoms with van der Waals surface area (Å²) in [6.07, 6.45) is -0.163. The van der Waals surface area contributed by atoms with Crippen LogP contribution in [0.5, 0.6) is 0 Å². The number of rotatable bonds is 5. The zero-order valence-corrected chi connectivity index (χ0v) is 9.69. The second-order valence-electron chi connectivity index (χ2n) is 3.69. The van der Waals surface area contributed by atoms with Crippen molar-refractivity contribution in [3.05, 3.63) is 35.4 Å². The van der Waals surface area contributed by atoms with Crippen molar-refractivity contribution in [2.45, 2.75) is 18.9 Å². The molecule has 0 spiro atoms. The highest BCUT2D eigenvalue weighted by atomic mass is 19.1. The maximum absolute atomic E-state index is 13.3. The quantitative estimate of drug-likeness (QED) is 0.845. The van der Waals surface area contributed by atoms with E-state index >= 15 is 0 Å². The standard InChI is InChI=1S/C12H10F2N2O3/c13-7-3-4-8(9(14)6-7)11(17)16-10(12(18)19)2-1-5-15/h3-4,6,10H,1-2H2,(H,16,17)(H,18,19)/t10-/m1/s1. The number of hydrogen-bond donors (Lipinski definition) is 2. The van der Waals surface area contributed by atoms with E-state index in [1.165, 1.54) is 0 Å². The molecule has 1 amide bonds. The number of carbonyl (C=O) groups is 2. The summed E-state index contributed by atoms with van der Waals surface area (Å²) in [4.78, 5) is 22.5. The number of carbonyl (C=O) groups excluding carboxylic acids is 1. The van der Waals surface area contributed by atoms with Gasteiger partial charge < -0.3 is 10.4 Å². The molecule has 0 fully saturated rings. The molecule has 0 saturated carbocycles. The molecule has 100 valence electrons. The Kier molecular flexibility index (Phi) is 4.94. The van der Waals surface area contributed by atoms with Gasteiger partial charge >= 0.3 is 5.97 Å². The van der Waals surface area contributed by atoms with Gasteiger partial charge in [-0.3, -0.25) is 4.79 Å². The lowest BCUT2D eigenvalue weighted by Gasteiger charge is -2.13. The molecule has 0 saturated heterocycles. The lowest BCUT2D eigenvalue weighted by Crippen LogP contribution is -2.41. The van der Waals surface area contributed by atoms with E-state index in [1.807, 2.05) is 0 Å². The predicted octanol–water partition coefficient (Wildman–Crippen LogP) is 1.45. The lowest BCUT2D eigenvalue weighted by atomic mass is 10.1. The molecular weight excluding hydrogens is 258 g/mol. The first-order valence-electron chi connectivity index (χ1n) is 5.31. The van der Waals surface area contributed by atoms with Crippen molar-refractivity contribution >= 4 is 11.9 Å². The zero-order chi connectivity index (χ0) is 14.4. The number of benzene rings is 1. The smallest absolute Gasteiger partial charge is 0.326 e. The summed E-state index contributed by atoms with van der Waals surface area (Å²) >= 11 is 0. The number of nitriles is 1. The third-order valence-corrected chi connectivity index (χ3v) is 2.32. The number of nitrogens with zero attached hydrogens (tertiary/aromatic N) is 1. The van der Waals surface area contributed by atoms with Crippen molar-refractivity contribution in [3.8, 4) is 6.07 Å². The largest absolute Gasteiger partial charge is 0.480 e. The van der Waals surface area contributed by atoms with Crippen molar-refractivity contribution in [2.24, 2.45) is 0 Å². The van der Waals surface area contributed by atoms with Crippen LogP contribution in [0.3, 0.4) is 0 Å². The van der Waals surface area contributed by atoms with Gasteiger partial charge in [0.1, 0.15) is 17.7 Å². The first-order valence-corrected chi connectivity index (χ1v) is 5.31. The van der Waals surface area contributed by atoms with Crippen molar-refractivity contribution in [1.29, 1.82) is 5.26 Å². The van der Waals surface area contributed by atoms with Gasteiger partial charge in [-0.05, 0) is 18.6 Å². The van der Waals surface area contributed by atoms with Gasteiger partial charge in [-0.1, -0.05) is 0 Å². The van der Waals surface area contributed by atoms with Crippen molar-refractivity contribution in [2.75, 3.05) is 0 Å². The number of carboxylic acid groups (broad SMARTS) is 1. The van der Waals surface area contributed by atoms with Gasteiger partial charge in [-0.2, -0.15) is 5.26 Å². The molecule has 0 bridgehead atoms. The summed E-state index contributed by atoms with van der Waals surface area (Å²) in [6, 6.07) is 2.79. The van der Waals surface area contributed by atoms with Crippen molar-refractivity contribution < 1.29 is 23.5 Å². The Morgan fingerprint density at radius 1 is 1.42 bits per heavy atom. The molecule has 1 atom stereocenters. The molecule has 7 heteroatoms. The minimum atomic E-state index is -1.33. The number of amides is 1. The Bertz CT molecular complexity index is 540. The molecule has 0 radical (unpaired) electrons. The Morgan fingerprint density at radius 3 is 2.63 bits per heavy atom. The minimum absolute atomic E-state index is 0.0663. The first kappa shape index (κ1) is 14.6. The van der Waals surface area contributed by atoms with Crippen LogP contribution >= 0.6 is 0 Å². The second kappa shape index (κ2) is 6.44. The molecule has 5 nitrogen and oxygen atoms in total. The normalized spacial score (nSPS) is 11.4. The average Bonchev–Trinajstić information content (AvgIpc) is 2.33. The number of nitrogens with one attached hydrogen (secondary N) is 1. The molecule has 2 N–H and O–H groups in total. The molecule has 1 aromatic rings. The fourth-order valence-electron chi connectivity index (χ4n) is 1.38. The SMILES string of the molecule is N#CCC[C@@H](NC(=O)c1ccc(F)cc1F)C(=O)O. The van der Waals surface area contributed by atoms with Crippen LogP contribution in [0.2, 0.25) is 0 Å². The third kappa shape index (κ3) is 4.03. The van der Waals surface area contributed by atoms with E-state index in [0.29, 0.717) is 6.07 Å². The summed E-state index contributed by atoms with van der Waals surface area (Å²) in [5, 5.41) is 19.3. The Morgan fingerprint density at radius 2 is 2.11 bits per heavy atom. The molecular formula is C12H10F2N2O3. The summed E-state index contributed by atoms with van der Waals surface area (Å²) in [5.41, 5.74) is -0.454. The first-order chi connectivity index (χ1) is 8.95. The van der Waals surface area contributed by atoms with Crippen molar-refractivity contribution in [1.82, 2.24) is 5.32 Å². The molecule has 0 aliphatic heterocycles. The number of halogens is 2. The van der Waals surface area contributed by atoms with E-state index < -0.39 is 35.1 Å². The van der Waals surface area contributed by atoms with Crippen LogP contribution in [0, 0.1) is 23.0 Å². The van der Waals surface area contributed by atoms with E-state index in [2.05, 4.69) is 5.32 Å². The van der Waals surface area contributed by atoms with Gasteiger partial charge in [0.25, 0.3) is 5.91 Å². The molecule has 0 unspecified atom stereocenters. The molecule has 0 heterocycles. The van der Waals surface area contributed by atoms with Crippen LogP contribution in [0.1, 0.15) is 23.2 Å². The Labute approximate surface area is 107 Å². The monoisotopic (exact) mass is 268 g/mol. The number of hydrogen-bond acceptors (Lipinski definition) is 3. The van der Waals surface area contributed by atoms with E-state index in [4.69, 9.17) is 10.4 Å².